The smallest absolute Gasteiger partial charge is 0.191 e. The average Bonchev–Trinajstić information content (AvgIpc) is 3.30. The number of hydrogen-bond acceptors (Lipinski definition) is 3. The zero-order chi connectivity index (χ0) is 18.9. The van der Waals surface area contributed by atoms with Crippen LogP contribution < -0.4 is 10.6 Å². The molecule has 1 fully saturated rings. The molecule has 0 bridgehead atoms. The zero-order valence-corrected chi connectivity index (χ0v) is 17.2. The second-order valence-electron chi connectivity index (χ2n) is 6.88. The largest absolute Gasteiger partial charge is 0.357 e. The van der Waals surface area contributed by atoms with Crippen molar-refractivity contribution in [2.75, 3.05) is 12.3 Å². The number of benzene rings is 1. The van der Waals surface area contributed by atoms with Gasteiger partial charge in [0, 0.05) is 36.8 Å². The van der Waals surface area contributed by atoms with Crippen molar-refractivity contribution in [3.8, 4) is 0 Å². The molecule has 5 nitrogen and oxygen atoms in total. The topological polar surface area (TPSA) is 54.2 Å². The number of rotatable bonds is 8. The van der Waals surface area contributed by atoms with Crippen LogP contribution in [0, 0.1) is 0 Å². The lowest BCUT2D eigenvalue weighted by atomic mass is 10.2. The number of aromatic nitrogens is 2. The first-order valence-electron chi connectivity index (χ1n) is 9.98. The summed E-state index contributed by atoms with van der Waals surface area (Å²) >= 11 is 2.08. The standard InChI is InChI=1S/C21H31N5S/c1-3-22-21(25-18-10-11-19(14-18)27-4-2)24-15-20-23-12-13-26(20)16-17-8-6-5-7-9-17/h5-9,12-13,18-19H,3-4,10-11,14-16H2,1-2H3,(H2,22,24,25). The van der Waals surface area contributed by atoms with E-state index in [-0.39, 0.29) is 0 Å². The highest BCUT2D eigenvalue weighted by Gasteiger charge is 2.25. The Kier molecular flexibility index (Phi) is 7.63. The first-order valence-corrected chi connectivity index (χ1v) is 11.0. The fourth-order valence-corrected chi connectivity index (χ4v) is 4.68. The maximum absolute atomic E-state index is 4.80. The van der Waals surface area contributed by atoms with Gasteiger partial charge in [0.2, 0.25) is 0 Å². The molecule has 3 rings (SSSR count). The molecule has 1 aromatic heterocycles. The second-order valence-corrected chi connectivity index (χ2v) is 8.46. The predicted octanol–water partition coefficient (Wildman–Crippen LogP) is 3.66. The summed E-state index contributed by atoms with van der Waals surface area (Å²) in [5.41, 5.74) is 1.27. The van der Waals surface area contributed by atoms with E-state index < -0.39 is 0 Å². The van der Waals surface area contributed by atoms with E-state index in [4.69, 9.17) is 4.99 Å². The minimum absolute atomic E-state index is 0.524. The molecule has 0 amide bonds. The maximum atomic E-state index is 4.80. The van der Waals surface area contributed by atoms with Crippen LogP contribution in [-0.2, 0) is 13.1 Å². The molecule has 1 aliphatic carbocycles. The number of hydrogen-bond donors (Lipinski definition) is 2. The lowest BCUT2D eigenvalue weighted by Gasteiger charge is -2.17. The molecule has 6 heteroatoms. The molecule has 0 aliphatic heterocycles. The minimum atomic E-state index is 0.524. The number of guanidine groups is 1. The van der Waals surface area contributed by atoms with Crippen molar-refractivity contribution in [2.45, 2.75) is 57.5 Å². The Morgan fingerprint density at radius 3 is 2.89 bits per heavy atom. The number of nitrogens with zero attached hydrogens (tertiary/aromatic N) is 3. The first-order chi connectivity index (χ1) is 13.3. The summed E-state index contributed by atoms with van der Waals surface area (Å²) in [6.07, 6.45) is 7.65. The van der Waals surface area contributed by atoms with Gasteiger partial charge in [0.15, 0.2) is 5.96 Å². The van der Waals surface area contributed by atoms with Crippen LogP contribution in [0.1, 0.15) is 44.5 Å². The molecular weight excluding hydrogens is 354 g/mol. The summed E-state index contributed by atoms with van der Waals surface area (Å²) in [7, 11) is 0. The average molecular weight is 386 g/mol. The van der Waals surface area contributed by atoms with Crippen LogP contribution in [-0.4, -0.2) is 39.1 Å². The SMILES string of the molecule is CCNC(=NCc1nccn1Cc1ccccc1)NC1CCC(SCC)C1. The van der Waals surface area contributed by atoms with Gasteiger partial charge >= 0.3 is 0 Å². The monoisotopic (exact) mass is 385 g/mol. The normalized spacial score (nSPS) is 20.0. The number of aliphatic imine (C=N–C) groups is 1. The molecule has 0 radical (unpaired) electrons. The van der Waals surface area contributed by atoms with Crippen molar-refractivity contribution in [2.24, 2.45) is 4.99 Å². The minimum Gasteiger partial charge on any atom is -0.357 e. The molecule has 2 unspecified atom stereocenters. The third-order valence-corrected chi connectivity index (χ3v) is 6.08. The van der Waals surface area contributed by atoms with Crippen LogP contribution in [0.15, 0.2) is 47.7 Å². The summed E-state index contributed by atoms with van der Waals surface area (Å²) in [5, 5.41) is 7.80. The van der Waals surface area contributed by atoms with Crippen LogP contribution in [0.4, 0.5) is 0 Å². The van der Waals surface area contributed by atoms with Crippen molar-refractivity contribution < 1.29 is 0 Å². The van der Waals surface area contributed by atoms with Gasteiger partial charge in [-0.25, -0.2) is 9.98 Å². The van der Waals surface area contributed by atoms with Gasteiger partial charge in [0.1, 0.15) is 12.4 Å². The molecule has 2 atom stereocenters. The quantitative estimate of drug-likeness (QED) is 0.538. The van der Waals surface area contributed by atoms with Gasteiger partial charge in [0.25, 0.3) is 0 Å². The third kappa shape index (κ3) is 6.03. The Balaban J connectivity index is 1.60. The van der Waals surface area contributed by atoms with Crippen LogP contribution in [0.3, 0.4) is 0 Å². The Morgan fingerprint density at radius 2 is 2.11 bits per heavy atom. The van der Waals surface area contributed by atoms with Gasteiger partial charge in [-0.15, -0.1) is 0 Å². The van der Waals surface area contributed by atoms with E-state index in [1.54, 1.807) is 0 Å². The molecule has 1 saturated carbocycles. The Hall–Kier alpha value is -1.95. The van der Waals surface area contributed by atoms with Crippen LogP contribution in [0.25, 0.3) is 0 Å². The fraction of sp³-hybridized carbons (Fsp3) is 0.524. The van der Waals surface area contributed by atoms with Crippen molar-refractivity contribution in [3.05, 3.63) is 54.1 Å². The summed E-state index contributed by atoms with van der Waals surface area (Å²) < 4.78 is 2.17. The molecule has 0 spiro atoms. The van der Waals surface area contributed by atoms with E-state index in [1.165, 1.54) is 30.6 Å². The van der Waals surface area contributed by atoms with E-state index in [1.807, 2.05) is 18.5 Å². The summed E-state index contributed by atoms with van der Waals surface area (Å²) in [6, 6.07) is 11.0. The van der Waals surface area contributed by atoms with Gasteiger partial charge in [-0.3, -0.25) is 0 Å². The van der Waals surface area contributed by atoms with E-state index in [2.05, 4.69) is 70.1 Å². The third-order valence-electron chi connectivity index (χ3n) is 4.85. The van der Waals surface area contributed by atoms with E-state index >= 15 is 0 Å². The van der Waals surface area contributed by atoms with E-state index in [9.17, 15) is 0 Å². The molecule has 1 aliphatic rings. The second kappa shape index (κ2) is 10.4. The van der Waals surface area contributed by atoms with Gasteiger partial charge in [0.05, 0.1) is 0 Å². The summed E-state index contributed by atoms with van der Waals surface area (Å²) in [5.74, 6) is 3.09. The van der Waals surface area contributed by atoms with Crippen molar-refractivity contribution in [1.29, 1.82) is 0 Å². The van der Waals surface area contributed by atoms with Crippen LogP contribution in [0.5, 0.6) is 0 Å². The van der Waals surface area contributed by atoms with Gasteiger partial charge < -0.3 is 15.2 Å². The van der Waals surface area contributed by atoms with Crippen molar-refractivity contribution >= 4 is 17.7 Å². The Morgan fingerprint density at radius 1 is 1.26 bits per heavy atom. The Labute approximate surface area is 167 Å². The molecule has 2 aromatic rings. The molecule has 146 valence electrons. The van der Waals surface area contributed by atoms with Gasteiger partial charge in [-0.2, -0.15) is 11.8 Å². The van der Waals surface area contributed by atoms with Crippen molar-refractivity contribution in [1.82, 2.24) is 20.2 Å². The van der Waals surface area contributed by atoms with Gasteiger partial charge in [-0.05, 0) is 37.5 Å². The summed E-state index contributed by atoms with van der Waals surface area (Å²) in [6.45, 7) is 6.62. The molecule has 2 N–H and O–H groups in total. The molecule has 1 aromatic carbocycles. The maximum Gasteiger partial charge on any atom is 0.191 e. The van der Waals surface area contributed by atoms with E-state index in [0.29, 0.717) is 12.6 Å². The predicted molar refractivity (Wildman–Crippen MR) is 115 cm³/mol. The lowest BCUT2D eigenvalue weighted by Crippen LogP contribution is -2.42. The Bertz CT molecular complexity index is 712. The molecular formula is C21H31N5S. The highest BCUT2D eigenvalue weighted by Crippen LogP contribution is 2.29. The van der Waals surface area contributed by atoms with Gasteiger partial charge in [-0.1, -0.05) is 37.3 Å². The highest BCUT2D eigenvalue weighted by molar-refractivity contribution is 7.99. The molecule has 27 heavy (non-hydrogen) atoms. The molecule has 1 heterocycles. The lowest BCUT2D eigenvalue weighted by molar-refractivity contribution is 0.613. The number of thioether (sulfide) groups is 1. The summed E-state index contributed by atoms with van der Waals surface area (Å²) in [4.78, 5) is 9.31. The fourth-order valence-electron chi connectivity index (χ4n) is 3.54. The first kappa shape index (κ1) is 19.8. The molecule has 0 saturated heterocycles. The number of imidazole rings is 1. The number of nitrogens with one attached hydrogen (secondary N) is 2. The van der Waals surface area contributed by atoms with Crippen molar-refractivity contribution in [3.63, 3.8) is 0 Å². The highest BCUT2D eigenvalue weighted by atomic mass is 32.2. The van der Waals surface area contributed by atoms with Crippen LogP contribution >= 0.6 is 11.8 Å². The van der Waals surface area contributed by atoms with E-state index in [0.717, 1.165) is 30.1 Å². The van der Waals surface area contributed by atoms with Crippen LogP contribution in [0.2, 0.25) is 0 Å². The zero-order valence-electron chi connectivity index (χ0n) is 16.4.